The monoisotopic (exact) mass is 300 g/mol. The predicted octanol–water partition coefficient (Wildman–Crippen LogP) is 3.12. The van der Waals surface area contributed by atoms with Crippen LogP contribution in [0.5, 0.6) is 0 Å². The van der Waals surface area contributed by atoms with E-state index in [1.54, 1.807) is 4.90 Å². The number of anilines is 1. The Labute approximate surface area is 131 Å². The summed E-state index contributed by atoms with van der Waals surface area (Å²) in [5.41, 5.74) is 1.49. The van der Waals surface area contributed by atoms with Crippen LogP contribution in [0.4, 0.5) is 5.69 Å². The molecule has 2 fully saturated rings. The van der Waals surface area contributed by atoms with Crippen molar-refractivity contribution >= 4 is 17.5 Å². The molecule has 118 valence electrons. The molecule has 0 bridgehead atoms. The van der Waals surface area contributed by atoms with Crippen LogP contribution in [-0.2, 0) is 4.79 Å². The second kappa shape index (κ2) is 6.51. The van der Waals surface area contributed by atoms with Crippen LogP contribution < -0.4 is 10.2 Å². The van der Waals surface area contributed by atoms with Gasteiger partial charge in [0.1, 0.15) is 0 Å². The molecule has 2 aliphatic rings. The van der Waals surface area contributed by atoms with Crippen LogP contribution in [0, 0.1) is 5.92 Å². The van der Waals surface area contributed by atoms with Gasteiger partial charge in [-0.05, 0) is 43.4 Å². The summed E-state index contributed by atoms with van der Waals surface area (Å²) in [6, 6.07) is 7.71. The molecule has 1 heterocycles. The van der Waals surface area contributed by atoms with Crippen LogP contribution in [0.1, 0.15) is 55.8 Å². The van der Waals surface area contributed by atoms with Crippen molar-refractivity contribution in [2.45, 2.75) is 51.5 Å². The highest BCUT2D eigenvalue weighted by atomic mass is 16.2. The third-order valence-electron chi connectivity index (χ3n) is 4.92. The van der Waals surface area contributed by atoms with E-state index in [9.17, 15) is 9.59 Å². The van der Waals surface area contributed by atoms with Crippen molar-refractivity contribution in [3.8, 4) is 0 Å². The fourth-order valence-electron chi connectivity index (χ4n) is 3.52. The van der Waals surface area contributed by atoms with Gasteiger partial charge in [-0.25, -0.2) is 0 Å². The van der Waals surface area contributed by atoms with Crippen molar-refractivity contribution in [3.05, 3.63) is 29.8 Å². The van der Waals surface area contributed by atoms with Crippen molar-refractivity contribution in [1.29, 1.82) is 0 Å². The normalized spacial score (nSPS) is 25.3. The average Bonchev–Trinajstić information content (AvgIpc) is 2.96. The summed E-state index contributed by atoms with van der Waals surface area (Å²) in [5.74, 6) is 0.673. The minimum atomic E-state index is -0.0211. The first kappa shape index (κ1) is 15.1. The number of hydrogen-bond donors (Lipinski definition) is 1. The van der Waals surface area contributed by atoms with Gasteiger partial charge in [-0.15, -0.1) is 0 Å². The van der Waals surface area contributed by atoms with Crippen LogP contribution in [0.3, 0.4) is 0 Å². The smallest absolute Gasteiger partial charge is 0.251 e. The van der Waals surface area contributed by atoms with Crippen LogP contribution in [0.25, 0.3) is 0 Å². The van der Waals surface area contributed by atoms with Crippen LogP contribution in [0.15, 0.2) is 24.3 Å². The van der Waals surface area contributed by atoms with E-state index in [1.165, 1.54) is 19.3 Å². The average molecular weight is 300 g/mol. The lowest BCUT2D eigenvalue weighted by Gasteiger charge is -2.29. The molecule has 1 saturated heterocycles. The first-order chi connectivity index (χ1) is 10.6. The molecule has 22 heavy (non-hydrogen) atoms. The Hall–Kier alpha value is -1.84. The van der Waals surface area contributed by atoms with Crippen LogP contribution >= 0.6 is 0 Å². The summed E-state index contributed by atoms with van der Waals surface area (Å²) in [5, 5.41) is 3.17. The van der Waals surface area contributed by atoms with E-state index < -0.39 is 0 Å². The molecule has 2 unspecified atom stereocenters. The minimum absolute atomic E-state index is 0.0211. The van der Waals surface area contributed by atoms with E-state index in [4.69, 9.17) is 0 Å². The lowest BCUT2D eigenvalue weighted by Crippen LogP contribution is -2.41. The lowest BCUT2D eigenvalue weighted by molar-refractivity contribution is -0.117. The number of carbonyl (C=O) groups is 2. The van der Waals surface area contributed by atoms with Crippen molar-refractivity contribution in [3.63, 3.8) is 0 Å². The zero-order valence-corrected chi connectivity index (χ0v) is 13.2. The highest BCUT2D eigenvalue weighted by Gasteiger charge is 2.25. The molecule has 0 radical (unpaired) electrons. The molecule has 4 nitrogen and oxygen atoms in total. The fourth-order valence-corrected chi connectivity index (χ4v) is 3.52. The van der Waals surface area contributed by atoms with Gasteiger partial charge in [0.2, 0.25) is 5.91 Å². The number of carbonyl (C=O) groups excluding carboxylic acids is 2. The third kappa shape index (κ3) is 3.16. The van der Waals surface area contributed by atoms with Gasteiger partial charge in [-0.1, -0.05) is 25.8 Å². The number of nitrogens with zero attached hydrogens (tertiary/aromatic N) is 1. The maximum atomic E-state index is 12.5. The molecule has 4 heteroatoms. The summed E-state index contributed by atoms with van der Waals surface area (Å²) in [7, 11) is 0. The Bertz CT molecular complexity index is 570. The Kier molecular flexibility index (Phi) is 4.46. The van der Waals surface area contributed by atoms with E-state index in [-0.39, 0.29) is 17.9 Å². The SMILES string of the molecule is CC1CCCCC1NC(=O)c1cccc(N2CCCC2=O)c1. The zero-order chi connectivity index (χ0) is 15.5. The van der Waals surface area contributed by atoms with Gasteiger partial charge in [-0.2, -0.15) is 0 Å². The second-order valence-electron chi connectivity index (χ2n) is 6.54. The molecule has 2 amide bonds. The molecule has 1 aromatic carbocycles. The molecule has 1 aliphatic carbocycles. The van der Waals surface area contributed by atoms with Gasteiger partial charge in [0.25, 0.3) is 5.91 Å². The van der Waals surface area contributed by atoms with Crippen LogP contribution in [0.2, 0.25) is 0 Å². The van der Waals surface area contributed by atoms with Gasteiger partial charge in [0.05, 0.1) is 0 Å². The molecule has 1 aliphatic heterocycles. The standard InChI is InChI=1S/C18H24N2O2/c1-13-6-2-3-9-16(13)19-18(22)14-7-4-8-15(12-14)20-11-5-10-17(20)21/h4,7-8,12-13,16H,2-3,5-6,9-11H2,1H3,(H,19,22). The molecular formula is C18H24N2O2. The highest BCUT2D eigenvalue weighted by Crippen LogP contribution is 2.25. The number of rotatable bonds is 3. The van der Waals surface area contributed by atoms with Gasteiger partial charge in [-0.3, -0.25) is 9.59 Å². The maximum Gasteiger partial charge on any atom is 0.251 e. The third-order valence-corrected chi connectivity index (χ3v) is 4.92. The van der Waals surface area contributed by atoms with Crippen molar-refractivity contribution < 1.29 is 9.59 Å². The summed E-state index contributed by atoms with van der Waals surface area (Å²) in [6.07, 6.45) is 6.22. The molecule has 1 N–H and O–H groups in total. The van der Waals surface area contributed by atoms with Crippen molar-refractivity contribution in [2.75, 3.05) is 11.4 Å². The Morgan fingerprint density at radius 3 is 2.77 bits per heavy atom. The fraction of sp³-hybridized carbons (Fsp3) is 0.556. The van der Waals surface area contributed by atoms with E-state index in [0.717, 1.165) is 25.1 Å². The number of benzene rings is 1. The lowest BCUT2D eigenvalue weighted by atomic mass is 9.86. The van der Waals surface area contributed by atoms with Gasteiger partial charge in [0.15, 0.2) is 0 Å². The molecule has 3 rings (SSSR count). The molecule has 2 atom stereocenters. The minimum Gasteiger partial charge on any atom is -0.349 e. The topological polar surface area (TPSA) is 49.4 Å². The maximum absolute atomic E-state index is 12.5. The van der Waals surface area contributed by atoms with Crippen LogP contribution in [-0.4, -0.2) is 24.4 Å². The molecule has 1 aromatic rings. The van der Waals surface area contributed by atoms with Gasteiger partial charge >= 0.3 is 0 Å². The van der Waals surface area contributed by atoms with Crippen molar-refractivity contribution in [2.24, 2.45) is 5.92 Å². The predicted molar refractivity (Wildman–Crippen MR) is 86.9 cm³/mol. The Balaban J connectivity index is 1.71. The largest absolute Gasteiger partial charge is 0.349 e. The number of hydrogen-bond acceptors (Lipinski definition) is 2. The molecule has 0 aromatic heterocycles. The first-order valence-electron chi connectivity index (χ1n) is 8.36. The highest BCUT2D eigenvalue weighted by molar-refractivity contribution is 5.99. The number of amides is 2. The Morgan fingerprint density at radius 1 is 1.23 bits per heavy atom. The zero-order valence-electron chi connectivity index (χ0n) is 13.2. The van der Waals surface area contributed by atoms with E-state index in [1.807, 2.05) is 24.3 Å². The van der Waals surface area contributed by atoms with Gasteiger partial charge < -0.3 is 10.2 Å². The first-order valence-corrected chi connectivity index (χ1v) is 8.36. The summed E-state index contributed by atoms with van der Waals surface area (Å²) in [6.45, 7) is 2.97. The van der Waals surface area contributed by atoms with E-state index in [0.29, 0.717) is 17.9 Å². The Morgan fingerprint density at radius 2 is 2.05 bits per heavy atom. The summed E-state index contributed by atoms with van der Waals surface area (Å²) >= 11 is 0. The van der Waals surface area contributed by atoms with E-state index >= 15 is 0 Å². The molecule has 0 spiro atoms. The summed E-state index contributed by atoms with van der Waals surface area (Å²) in [4.78, 5) is 26.1. The molecule has 1 saturated carbocycles. The van der Waals surface area contributed by atoms with Gasteiger partial charge in [0, 0.05) is 30.3 Å². The number of nitrogens with one attached hydrogen (secondary N) is 1. The second-order valence-corrected chi connectivity index (χ2v) is 6.54. The van der Waals surface area contributed by atoms with Crippen molar-refractivity contribution in [1.82, 2.24) is 5.32 Å². The molecular weight excluding hydrogens is 276 g/mol. The quantitative estimate of drug-likeness (QED) is 0.932. The summed E-state index contributed by atoms with van der Waals surface area (Å²) < 4.78 is 0. The van der Waals surface area contributed by atoms with E-state index in [2.05, 4.69) is 12.2 Å².